The minimum Gasteiger partial charge on any atom is -0.481 e. The summed E-state index contributed by atoms with van der Waals surface area (Å²) in [4.78, 5) is 23.6. The zero-order valence-electron chi connectivity index (χ0n) is 14.2. The average molecular weight is 337 g/mol. The highest BCUT2D eigenvalue weighted by atomic mass is 16.6. The van der Waals surface area contributed by atoms with Crippen LogP contribution in [0.4, 0.5) is 0 Å². The lowest BCUT2D eigenvalue weighted by Gasteiger charge is -2.09. The van der Waals surface area contributed by atoms with Crippen molar-refractivity contribution < 1.29 is 14.3 Å². The van der Waals surface area contributed by atoms with Gasteiger partial charge in [-0.2, -0.15) is 0 Å². The van der Waals surface area contributed by atoms with Gasteiger partial charge in [0.15, 0.2) is 6.61 Å². The summed E-state index contributed by atoms with van der Waals surface area (Å²) in [6.45, 7) is 3.91. The predicted octanol–water partition coefficient (Wildman–Crippen LogP) is 3.39. The second-order valence-electron chi connectivity index (χ2n) is 5.39. The van der Waals surface area contributed by atoms with Gasteiger partial charge < -0.3 is 14.5 Å². The quantitative estimate of drug-likeness (QED) is 0.698. The largest absolute Gasteiger partial charge is 0.481 e. The van der Waals surface area contributed by atoms with Gasteiger partial charge in [-0.15, -0.1) is 0 Å². The van der Waals surface area contributed by atoms with Crippen LogP contribution < -0.4 is 4.74 Å². The number of aryl methyl sites for hydroxylation is 1. The molecule has 0 saturated carbocycles. The Morgan fingerprint density at radius 2 is 2.04 bits per heavy atom. The van der Waals surface area contributed by atoms with Crippen molar-refractivity contribution in [2.75, 3.05) is 13.2 Å². The number of imidazole rings is 1. The first-order valence-corrected chi connectivity index (χ1v) is 8.04. The van der Waals surface area contributed by atoms with Gasteiger partial charge in [0.05, 0.1) is 17.9 Å². The number of ether oxygens (including phenoxy) is 2. The van der Waals surface area contributed by atoms with E-state index in [1.807, 2.05) is 37.3 Å². The number of H-pyrrole nitrogens is 1. The highest BCUT2D eigenvalue weighted by Crippen LogP contribution is 2.31. The fraction of sp³-hybridized carbons (Fsp3) is 0.211. The standard InChI is InChI=1S/C19H19N3O3/c1-3-24-17(23)12-25-16-9-5-4-8-15(16)19-21-13(2)18(22-19)14-7-6-10-20-11-14/h4-11H,3,12H2,1-2H3,(H,21,22). The Morgan fingerprint density at radius 1 is 1.20 bits per heavy atom. The molecule has 6 nitrogen and oxygen atoms in total. The van der Waals surface area contributed by atoms with Crippen LogP contribution in [-0.4, -0.2) is 34.1 Å². The number of nitrogens with zero attached hydrogens (tertiary/aromatic N) is 2. The number of hydrogen-bond acceptors (Lipinski definition) is 5. The molecule has 0 saturated heterocycles. The van der Waals surface area contributed by atoms with Crippen molar-refractivity contribution in [2.24, 2.45) is 0 Å². The number of aromatic nitrogens is 3. The van der Waals surface area contributed by atoms with Crippen LogP contribution in [0.5, 0.6) is 5.75 Å². The highest BCUT2D eigenvalue weighted by Gasteiger charge is 2.15. The van der Waals surface area contributed by atoms with Crippen molar-refractivity contribution >= 4 is 5.97 Å². The van der Waals surface area contributed by atoms with Crippen LogP contribution in [0.1, 0.15) is 12.6 Å². The van der Waals surface area contributed by atoms with Gasteiger partial charge in [0.25, 0.3) is 0 Å². The van der Waals surface area contributed by atoms with Crippen LogP contribution in [-0.2, 0) is 9.53 Å². The van der Waals surface area contributed by atoms with Crippen LogP contribution >= 0.6 is 0 Å². The first-order valence-electron chi connectivity index (χ1n) is 8.04. The summed E-state index contributed by atoms with van der Waals surface area (Å²) in [5.41, 5.74) is 3.49. The molecule has 25 heavy (non-hydrogen) atoms. The number of esters is 1. The zero-order valence-corrected chi connectivity index (χ0v) is 14.2. The monoisotopic (exact) mass is 337 g/mol. The van der Waals surface area contributed by atoms with Gasteiger partial charge in [0.2, 0.25) is 0 Å². The van der Waals surface area contributed by atoms with Crippen LogP contribution in [0.15, 0.2) is 48.8 Å². The van der Waals surface area contributed by atoms with E-state index in [2.05, 4.69) is 15.0 Å². The summed E-state index contributed by atoms with van der Waals surface area (Å²) < 4.78 is 10.5. The molecule has 0 atom stereocenters. The van der Waals surface area contributed by atoms with Crippen molar-refractivity contribution in [1.29, 1.82) is 0 Å². The maximum absolute atomic E-state index is 11.5. The molecule has 0 aliphatic rings. The van der Waals surface area contributed by atoms with Crippen molar-refractivity contribution in [3.8, 4) is 28.4 Å². The molecule has 0 unspecified atom stereocenters. The number of carbonyl (C=O) groups is 1. The van der Waals surface area contributed by atoms with E-state index in [-0.39, 0.29) is 6.61 Å². The number of aromatic amines is 1. The first kappa shape index (κ1) is 16.7. The third-order valence-electron chi connectivity index (χ3n) is 3.61. The van der Waals surface area contributed by atoms with Crippen LogP contribution in [0.2, 0.25) is 0 Å². The lowest BCUT2D eigenvalue weighted by molar-refractivity contribution is -0.145. The van der Waals surface area contributed by atoms with E-state index in [1.165, 1.54) is 0 Å². The number of rotatable bonds is 6. The molecule has 0 spiro atoms. The van der Waals surface area contributed by atoms with Crippen molar-refractivity contribution in [1.82, 2.24) is 15.0 Å². The van der Waals surface area contributed by atoms with Gasteiger partial charge in [0, 0.05) is 23.7 Å². The Hall–Kier alpha value is -3.15. The second-order valence-corrected chi connectivity index (χ2v) is 5.39. The molecule has 1 aromatic carbocycles. The topological polar surface area (TPSA) is 77.1 Å². The Morgan fingerprint density at radius 3 is 2.80 bits per heavy atom. The fourth-order valence-corrected chi connectivity index (χ4v) is 2.50. The molecule has 3 rings (SSSR count). The number of para-hydroxylation sites is 1. The normalized spacial score (nSPS) is 10.5. The molecule has 2 aromatic heterocycles. The van der Waals surface area contributed by atoms with Gasteiger partial charge in [-0.3, -0.25) is 4.98 Å². The van der Waals surface area contributed by atoms with E-state index in [0.29, 0.717) is 18.2 Å². The third kappa shape index (κ3) is 3.85. The van der Waals surface area contributed by atoms with E-state index in [1.54, 1.807) is 25.4 Å². The van der Waals surface area contributed by atoms with Gasteiger partial charge in [-0.25, -0.2) is 9.78 Å². The Balaban J connectivity index is 1.89. The Kier molecular flexibility index (Phi) is 5.09. The maximum Gasteiger partial charge on any atom is 0.344 e. The molecule has 0 amide bonds. The van der Waals surface area contributed by atoms with Gasteiger partial charge in [0.1, 0.15) is 11.6 Å². The third-order valence-corrected chi connectivity index (χ3v) is 3.61. The van der Waals surface area contributed by atoms with E-state index in [0.717, 1.165) is 22.5 Å². The molecule has 0 fully saturated rings. The molecule has 128 valence electrons. The molecule has 3 aromatic rings. The SMILES string of the molecule is CCOC(=O)COc1ccccc1-c1nc(-c2cccnc2)c(C)[nH]1. The summed E-state index contributed by atoms with van der Waals surface area (Å²) in [5, 5.41) is 0. The van der Waals surface area contributed by atoms with E-state index >= 15 is 0 Å². The number of carbonyl (C=O) groups excluding carboxylic acids is 1. The summed E-state index contributed by atoms with van der Waals surface area (Å²) in [5.74, 6) is 0.849. The summed E-state index contributed by atoms with van der Waals surface area (Å²) in [6, 6.07) is 11.3. The molecular weight excluding hydrogens is 318 g/mol. The molecule has 0 radical (unpaired) electrons. The van der Waals surface area contributed by atoms with Crippen molar-refractivity contribution in [3.05, 3.63) is 54.5 Å². The number of pyridine rings is 1. The van der Waals surface area contributed by atoms with Crippen molar-refractivity contribution in [2.45, 2.75) is 13.8 Å². The van der Waals surface area contributed by atoms with Gasteiger partial charge in [-0.1, -0.05) is 12.1 Å². The first-order chi connectivity index (χ1) is 12.2. The Bertz CT molecular complexity index is 859. The summed E-state index contributed by atoms with van der Waals surface area (Å²) >= 11 is 0. The highest BCUT2D eigenvalue weighted by molar-refractivity contribution is 5.73. The predicted molar refractivity (Wildman–Crippen MR) is 94.1 cm³/mol. The molecule has 0 aliphatic carbocycles. The summed E-state index contributed by atoms with van der Waals surface area (Å²) in [7, 11) is 0. The minimum absolute atomic E-state index is 0.139. The van der Waals surface area contributed by atoms with E-state index < -0.39 is 5.97 Å². The zero-order chi connectivity index (χ0) is 17.6. The second kappa shape index (κ2) is 7.61. The molecule has 2 heterocycles. The molecule has 0 bridgehead atoms. The molecule has 0 aliphatic heterocycles. The van der Waals surface area contributed by atoms with Crippen LogP contribution in [0, 0.1) is 6.92 Å². The number of hydrogen-bond donors (Lipinski definition) is 1. The maximum atomic E-state index is 11.5. The average Bonchev–Trinajstić information content (AvgIpc) is 3.03. The molecule has 6 heteroatoms. The lowest BCUT2D eigenvalue weighted by Crippen LogP contribution is -2.14. The molecule has 1 N–H and O–H groups in total. The smallest absolute Gasteiger partial charge is 0.344 e. The molecular formula is C19H19N3O3. The van der Waals surface area contributed by atoms with E-state index in [9.17, 15) is 4.79 Å². The van der Waals surface area contributed by atoms with Gasteiger partial charge in [-0.05, 0) is 38.1 Å². The fourth-order valence-electron chi connectivity index (χ4n) is 2.50. The van der Waals surface area contributed by atoms with Gasteiger partial charge >= 0.3 is 5.97 Å². The summed E-state index contributed by atoms with van der Waals surface area (Å²) in [6.07, 6.45) is 3.50. The van der Waals surface area contributed by atoms with E-state index in [4.69, 9.17) is 9.47 Å². The Labute approximate surface area is 145 Å². The number of benzene rings is 1. The minimum atomic E-state index is -0.399. The van der Waals surface area contributed by atoms with Crippen molar-refractivity contribution in [3.63, 3.8) is 0 Å². The lowest BCUT2D eigenvalue weighted by atomic mass is 10.2. The van der Waals surface area contributed by atoms with Crippen LogP contribution in [0.25, 0.3) is 22.6 Å². The van der Waals surface area contributed by atoms with Crippen LogP contribution in [0.3, 0.4) is 0 Å². The number of nitrogens with one attached hydrogen (secondary N) is 1.